The van der Waals surface area contributed by atoms with Gasteiger partial charge in [-0.1, -0.05) is 6.92 Å². The molecule has 2 rings (SSSR count). The molecule has 0 bridgehead atoms. The van der Waals surface area contributed by atoms with Crippen LogP contribution in [0.1, 0.15) is 32.6 Å². The largest absolute Gasteiger partial charge is 0.392 e. The summed E-state index contributed by atoms with van der Waals surface area (Å²) in [4.78, 5) is 0. The molecule has 12 heavy (non-hydrogen) atoms. The first-order valence-corrected chi connectivity index (χ1v) is 5.19. The molecule has 0 aromatic heterocycles. The molecule has 0 aliphatic heterocycles. The number of rotatable bonds is 3. The highest BCUT2D eigenvalue weighted by Gasteiger charge is 2.33. The van der Waals surface area contributed by atoms with Crippen molar-refractivity contribution in [2.75, 3.05) is 6.54 Å². The Bertz CT molecular complexity index is 160. The van der Waals surface area contributed by atoms with Gasteiger partial charge in [0, 0.05) is 6.04 Å². The summed E-state index contributed by atoms with van der Waals surface area (Å²) in [7, 11) is 0. The maximum atomic E-state index is 9.53. The molecule has 2 N–H and O–H groups in total. The topological polar surface area (TPSA) is 32.3 Å². The van der Waals surface area contributed by atoms with Crippen molar-refractivity contribution in [3.63, 3.8) is 0 Å². The lowest BCUT2D eigenvalue weighted by molar-refractivity contribution is 0.148. The molecule has 70 valence electrons. The highest BCUT2D eigenvalue weighted by Crippen LogP contribution is 2.37. The lowest BCUT2D eigenvalue weighted by Crippen LogP contribution is -2.36. The van der Waals surface area contributed by atoms with Gasteiger partial charge in [-0.25, -0.2) is 0 Å². The van der Waals surface area contributed by atoms with Crippen molar-refractivity contribution in [3.05, 3.63) is 0 Å². The molecule has 0 aromatic carbocycles. The van der Waals surface area contributed by atoms with Gasteiger partial charge < -0.3 is 10.4 Å². The minimum absolute atomic E-state index is 0.0703. The molecule has 2 nitrogen and oxygen atoms in total. The number of hydrogen-bond acceptors (Lipinski definition) is 2. The van der Waals surface area contributed by atoms with Gasteiger partial charge in [0.15, 0.2) is 0 Å². The Kier molecular flexibility index (Phi) is 2.37. The van der Waals surface area contributed by atoms with Crippen molar-refractivity contribution in [2.24, 2.45) is 11.8 Å². The molecule has 0 heterocycles. The summed E-state index contributed by atoms with van der Waals surface area (Å²) >= 11 is 0. The van der Waals surface area contributed by atoms with Gasteiger partial charge in [0.05, 0.1) is 6.10 Å². The van der Waals surface area contributed by atoms with E-state index in [0.29, 0.717) is 6.04 Å². The summed E-state index contributed by atoms with van der Waals surface area (Å²) in [5.74, 6) is 1.83. The van der Waals surface area contributed by atoms with Crippen LogP contribution in [0.25, 0.3) is 0 Å². The van der Waals surface area contributed by atoms with E-state index in [9.17, 15) is 5.11 Å². The van der Waals surface area contributed by atoms with Crippen LogP contribution < -0.4 is 5.32 Å². The van der Waals surface area contributed by atoms with Crippen LogP contribution in [0.3, 0.4) is 0 Å². The third kappa shape index (κ3) is 1.80. The normalized spacial score (nSPS) is 46.5. The fraction of sp³-hybridized carbons (Fsp3) is 1.00. The van der Waals surface area contributed by atoms with E-state index in [1.54, 1.807) is 0 Å². The van der Waals surface area contributed by atoms with Gasteiger partial charge >= 0.3 is 0 Å². The third-order valence-corrected chi connectivity index (χ3v) is 3.40. The van der Waals surface area contributed by atoms with E-state index in [4.69, 9.17) is 0 Å². The molecular formula is C10H19NO. The smallest absolute Gasteiger partial charge is 0.0693 e. The molecule has 2 fully saturated rings. The first-order valence-electron chi connectivity index (χ1n) is 5.19. The Hall–Kier alpha value is -0.0800. The molecule has 2 heteroatoms. The zero-order valence-electron chi connectivity index (χ0n) is 7.79. The summed E-state index contributed by atoms with van der Waals surface area (Å²) in [6, 6.07) is 0.401. The van der Waals surface area contributed by atoms with Crippen LogP contribution in [0.15, 0.2) is 0 Å². The van der Waals surface area contributed by atoms with E-state index in [-0.39, 0.29) is 6.10 Å². The van der Waals surface area contributed by atoms with Gasteiger partial charge in [0.25, 0.3) is 0 Å². The zero-order valence-corrected chi connectivity index (χ0v) is 7.79. The van der Waals surface area contributed by atoms with Crippen molar-refractivity contribution in [1.29, 1.82) is 0 Å². The first kappa shape index (κ1) is 8.52. The van der Waals surface area contributed by atoms with Crippen molar-refractivity contribution in [2.45, 2.75) is 44.8 Å². The lowest BCUT2D eigenvalue weighted by atomic mass is 10.2. The van der Waals surface area contributed by atoms with Crippen molar-refractivity contribution in [1.82, 2.24) is 5.32 Å². The molecule has 0 amide bonds. The van der Waals surface area contributed by atoms with E-state index in [2.05, 4.69) is 12.2 Å². The Morgan fingerprint density at radius 1 is 1.42 bits per heavy atom. The molecule has 4 atom stereocenters. The van der Waals surface area contributed by atoms with Crippen LogP contribution >= 0.6 is 0 Å². The standard InChI is InChI=1S/C10H19NO/c1-7-5-8(7)6-11-9-3-2-4-10(9)12/h7-12H,2-6H2,1H3/t7?,8?,9-,10-/m1/s1. The maximum Gasteiger partial charge on any atom is 0.0693 e. The average Bonchev–Trinajstić information content (AvgIpc) is 2.57. The first-order chi connectivity index (χ1) is 5.77. The molecule has 2 saturated carbocycles. The van der Waals surface area contributed by atoms with Gasteiger partial charge in [0.2, 0.25) is 0 Å². The molecule has 2 unspecified atom stereocenters. The van der Waals surface area contributed by atoms with Gasteiger partial charge in [0.1, 0.15) is 0 Å². The van der Waals surface area contributed by atoms with Crippen molar-refractivity contribution < 1.29 is 5.11 Å². The lowest BCUT2D eigenvalue weighted by Gasteiger charge is -2.15. The van der Waals surface area contributed by atoms with E-state index in [0.717, 1.165) is 24.8 Å². The summed E-state index contributed by atoms with van der Waals surface area (Å²) in [6.45, 7) is 3.43. The minimum atomic E-state index is -0.0703. The van der Waals surface area contributed by atoms with Crippen LogP contribution in [-0.2, 0) is 0 Å². The minimum Gasteiger partial charge on any atom is -0.392 e. The summed E-state index contributed by atoms with van der Waals surface area (Å²) in [5, 5.41) is 13.0. The van der Waals surface area contributed by atoms with Crippen LogP contribution in [0.5, 0.6) is 0 Å². The molecule has 2 aliphatic carbocycles. The van der Waals surface area contributed by atoms with Gasteiger partial charge in [-0.15, -0.1) is 0 Å². The van der Waals surface area contributed by atoms with E-state index in [1.807, 2.05) is 0 Å². The number of aliphatic hydroxyl groups is 1. The monoisotopic (exact) mass is 169 g/mol. The molecule has 0 radical (unpaired) electrons. The van der Waals surface area contributed by atoms with Gasteiger partial charge in [-0.05, 0) is 44.1 Å². The quantitative estimate of drug-likeness (QED) is 0.664. The SMILES string of the molecule is CC1CC1CN[C@@H]1CCC[C@H]1O. The van der Waals surface area contributed by atoms with Crippen LogP contribution in [0.4, 0.5) is 0 Å². The third-order valence-electron chi connectivity index (χ3n) is 3.40. The summed E-state index contributed by atoms with van der Waals surface area (Å²) < 4.78 is 0. The van der Waals surface area contributed by atoms with E-state index >= 15 is 0 Å². The average molecular weight is 169 g/mol. The highest BCUT2D eigenvalue weighted by atomic mass is 16.3. The maximum absolute atomic E-state index is 9.53. The highest BCUT2D eigenvalue weighted by molar-refractivity contribution is 4.88. The van der Waals surface area contributed by atoms with Crippen LogP contribution in [0.2, 0.25) is 0 Å². The molecular weight excluding hydrogens is 150 g/mol. The number of nitrogens with one attached hydrogen (secondary N) is 1. The zero-order chi connectivity index (χ0) is 8.55. The summed E-state index contributed by atoms with van der Waals surface area (Å²) in [5.41, 5.74) is 0. The molecule has 0 aromatic rings. The molecule has 0 saturated heterocycles. The predicted molar refractivity (Wildman–Crippen MR) is 48.9 cm³/mol. The second kappa shape index (κ2) is 3.35. The Balaban J connectivity index is 1.65. The van der Waals surface area contributed by atoms with Crippen LogP contribution in [-0.4, -0.2) is 23.8 Å². The van der Waals surface area contributed by atoms with Crippen LogP contribution in [0, 0.1) is 11.8 Å². The van der Waals surface area contributed by atoms with Gasteiger partial charge in [-0.3, -0.25) is 0 Å². The van der Waals surface area contributed by atoms with Gasteiger partial charge in [-0.2, -0.15) is 0 Å². The van der Waals surface area contributed by atoms with Crippen molar-refractivity contribution in [3.8, 4) is 0 Å². The fourth-order valence-corrected chi connectivity index (χ4v) is 2.16. The molecule has 0 spiro atoms. The molecule has 2 aliphatic rings. The second-order valence-electron chi connectivity index (χ2n) is 4.49. The fourth-order valence-electron chi connectivity index (χ4n) is 2.16. The predicted octanol–water partition coefficient (Wildman–Crippen LogP) is 1.15. The van der Waals surface area contributed by atoms with Crippen molar-refractivity contribution >= 4 is 0 Å². The second-order valence-corrected chi connectivity index (χ2v) is 4.49. The number of aliphatic hydroxyl groups excluding tert-OH is 1. The van der Waals surface area contributed by atoms with E-state index < -0.39 is 0 Å². The van der Waals surface area contributed by atoms with E-state index in [1.165, 1.54) is 19.3 Å². The summed E-state index contributed by atoms with van der Waals surface area (Å²) in [6.07, 6.45) is 4.67. The Morgan fingerprint density at radius 2 is 2.17 bits per heavy atom. The Morgan fingerprint density at radius 3 is 2.67 bits per heavy atom. The number of hydrogen-bond donors (Lipinski definition) is 2. The Labute approximate surface area is 74.4 Å².